The summed E-state index contributed by atoms with van der Waals surface area (Å²) in [6.07, 6.45) is 3.58. The van der Waals surface area contributed by atoms with Crippen LogP contribution in [0, 0.1) is 20.8 Å². The molecule has 0 aliphatic heterocycles. The molecule has 11 aromatic carbocycles. The van der Waals surface area contributed by atoms with Crippen LogP contribution in [0.4, 0.5) is 0 Å². The highest BCUT2D eigenvalue weighted by atomic mass is 32.1. The van der Waals surface area contributed by atoms with E-state index in [4.69, 9.17) is 29.3 Å². The van der Waals surface area contributed by atoms with Gasteiger partial charge in [0.1, 0.15) is 28.6 Å². The SMILES string of the molecule is Cc1nc(-c2cc(-c3ccccc3)cc(-c3ccccc3)c2)cc(-c2cccc3c2sc2ccccc23)n1.Cc1nc(-c2cccc3c2oc2ccccc23)cc(-c2cccc3c2sc2ccccc23)n1.Cc1nc(-c2ccncc2)cc(-c2cccc3c2sc2ccccc23)n1. The molecule has 8 nitrogen and oxygen atoms in total. The van der Waals surface area contributed by atoms with E-state index in [9.17, 15) is 0 Å². The fourth-order valence-electron chi connectivity index (χ4n) is 13.2. The lowest BCUT2D eigenvalue weighted by Gasteiger charge is -2.12. The summed E-state index contributed by atoms with van der Waals surface area (Å²) in [7, 11) is 0. The number of rotatable bonds is 8. The van der Waals surface area contributed by atoms with E-state index in [1.807, 2.05) is 85.1 Å². The minimum Gasteiger partial charge on any atom is -0.455 e. The molecule has 19 aromatic rings. The number of nitrogens with zero attached hydrogens (tertiary/aromatic N) is 7. The van der Waals surface area contributed by atoms with Crippen molar-refractivity contribution < 1.29 is 4.42 Å². The third-order valence-corrected chi connectivity index (χ3v) is 21.3. The van der Waals surface area contributed by atoms with Crippen LogP contribution in [0.15, 0.2) is 296 Å². The Balaban J connectivity index is 0.000000112. The van der Waals surface area contributed by atoms with Crippen molar-refractivity contribution in [3.8, 4) is 89.8 Å². The van der Waals surface area contributed by atoms with Gasteiger partial charge in [-0.2, -0.15) is 0 Å². The summed E-state index contributed by atoms with van der Waals surface area (Å²) in [6, 6.07) is 97.7. The summed E-state index contributed by atoms with van der Waals surface area (Å²) in [5.74, 6) is 2.28. The molecule has 11 heteroatoms. The topological polar surface area (TPSA) is 103 Å². The zero-order valence-corrected chi connectivity index (χ0v) is 55.4. The molecule has 97 heavy (non-hydrogen) atoms. The molecule has 0 aliphatic rings. The number of aromatic nitrogens is 7. The molecule has 0 atom stereocenters. The summed E-state index contributed by atoms with van der Waals surface area (Å²) in [5, 5.41) is 9.94. The van der Waals surface area contributed by atoms with E-state index in [0.29, 0.717) is 0 Å². The molecule has 460 valence electrons. The molecular weight excluding hydrogens is 1240 g/mol. The Hall–Kier alpha value is -11.7. The number of fused-ring (bicyclic) bond motifs is 12. The molecule has 0 saturated heterocycles. The van der Waals surface area contributed by atoms with Gasteiger partial charge in [-0.15, -0.1) is 34.0 Å². The summed E-state index contributed by atoms with van der Waals surface area (Å²) >= 11 is 5.47. The van der Waals surface area contributed by atoms with Crippen LogP contribution in [-0.4, -0.2) is 34.9 Å². The molecule has 0 amide bonds. The first-order valence-electron chi connectivity index (χ1n) is 32.1. The Kier molecular flexibility index (Phi) is 15.3. The second kappa shape index (κ2) is 25.2. The van der Waals surface area contributed by atoms with E-state index in [1.54, 1.807) is 12.4 Å². The standard InChI is InChI=1S/C35H24N2S.C29H18N2OS.C22H15N3S/c1-23-36-32(22-33(37-23)31-17-10-16-30-29-15-8-9-18-34(29)38-35(30)31)28-20-26(24-11-4-2-5-12-24)19-27(21-28)25-13-6-3-7-14-25;1-17-30-24(22-12-6-10-20-18-8-2-4-14-26(18)32-28(20)22)16-25(31-17)23-13-7-11-21-19-9-3-5-15-27(19)33-29(21)23;1-14-24-19(15-9-11-23-12-10-15)13-20(25-14)18-7-4-6-17-16-5-2-3-8-21(16)26-22(17)18/h2-22H,1H3;2-16H,1H3;2-13H,1H3. The van der Waals surface area contributed by atoms with Crippen molar-refractivity contribution in [1.82, 2.24) is 34.9 Å². The molecule has 0 fully saturated rings. The fourth-order valence-corrected chi connectivity index (χ4v) is 16.9. The highest BCUT2D eigenvalue weighted by Gasteiger charge is 2.20. The maximum Gasteiger partial charge on any atom is 0.144 e. The molecule has 0 saturated carbocycles. The van der Waals surface area contributed by atoms with Gasteiger partial charge in [-0.05, 0) is 122 Å². The van der Waals surface area contributed by atoms with Crippen molar-refractivity contribution in [2.24, 2.45) is 0 Å². The molecule has 0 radical (unpaired) electrons. The second-order valence-electron chi connectivity index (χ2n) is 23.9. The first-order chi connectivity index (χ1) is 47.8. The lowest BCUT2D eigenvalue weighted by molar-refractivity contribution is 0.670. The van der Waals surface area contributed by atoms with Crippen molar-refractivity contribution >= 4 is 116 Å². The van der Waals surface area contributed by atoms with E-state index >= 15 is 0 Å². The van der Waals surface area contributed by atoms with Crippen LogP contribution in [0.1, 0.15) is 17.5 Å². The lowest BCUT2D eigenvalue weighted by atomic mass is 9.94. The molecule has 0 bridgehead atoms. The van der Waals surface area contributed by atoms with Crippen molar-refractivity contribution in [3.63, 3.8) is 0 Å². The van der Waals surface area contributed by atoms with Gasteiger partial charge in [0, 0.05) is 117 Å². The molecule has 19 rings (SSSR count). The Labute approximate surface area is 571 Å². The number of aryl methyl sites for hydroxylation is 3. The average molecular weight is 1300 g/mol. The van der Waals surface area contributed by atoms with Gasteiger partial charge >= 0.3 is 0 Å². The molecule has 0 spiro atoms. The Morgan fingerprint density at radius 2 is 0.588 bits per heavy atom. The van der Waals surface area contributed by atoms with Crippen molar-refractivity contribution in [2.45, 2.75) is 20.8 Å². The van der Waals surface area contributed by atoms with Crippen molar-refractivity contribution in [2.75, 3.05) is 0 Å². The molecule has 0 aliphatic carbocycles. The first-order valence-corrected chi connectivity index (χ1v) is 34.6. The highest BCUT2D eigenvalue weighted by Crippen LogP contribution is 2.45. The summed E-state index contributed by atoms with van der Waals surface area (Å²) < 4.78 is 14.0. The van der Waals surface area contributed by atoms with Gasteiger partial charge in [-0.1, -0.05) is 200 Å². The number of hydrogen-bond donors (Lipinski definition) is 0. The Bertz CT molecular complexity index is 6010. The van der Waals surface area contributed by atoms with Gasteiger partial charge in [-0.3, -0.25) is 4.98 Å². The second-order valence-corrected chi connectivity index (χ2v) is 27.1. The van der Waals surface area contributed by atoms with Crippen molar-refractivity contribution in [1.29, 1.82) is 0 Å². The van der Waals surface area contributed by atoms with Gasteiger partial charge in [0.15, 0.2) is 0 Å². The Morgan fingerprint density at radius 3 is 1.05 bits per heavy atom. The first kappa shape index (κ1) is 59.0. The van der Waals surface area contributed by atoms with E-state index in [1.165, 1.54) is 82.8 Å². The molecule has 8 aromatic heterocycles. The summed E-state index contributed by atoms with van der Waals surface area (Å²) in [4.78, 5) is 32.9. The molecular formula is C86H57N7OS3. The number of furan rings is 1. The molecule has 8 heterocycles. The van der Waals surface area contributed by atoms with E-state index in [-0.39, 0.29) is 0 Å². The third kappa shape index (κ3) is 11.3. The van der Waals surface area contributed by atoms with Crippen LogP contribution in [-0.2, 0) is 0 Å². The maximum atomic E-state index is 6.28. The van der Waals surface area contributed by atoms with Gasteiger partial charge in [0.05, 0.1) is 34.2 Å². The maximum absolute atomic E-state index is 6.28. The van der Waals surface area contributed by atoms with Gasteiger partial charge in [0.2, 0.25) is 0 Å². The summed E-state index contributed by atoms with van der Waals surface area (Å²) in [6.45, 7) is 5.88. The van der Waals surface area contributed by atoms with Crippen molar-refractivity contribution in [3.05, 3.63) is 309 Å². The van der Waals surface area contributed by atoms with Crippen LogP contribution < -0.4 is 0 Å². The number of benzene rings is 11. The molecule has 0 N–H and O–H groups in total. The van der Waals surface area contributed by atoms with Gasteiger partial charge < -0.3 is 4.42 Å². The van der Waals surface area contributed by atoms with Crippen LogP contribution in [0.5, 0.6) is 0 Å². The van der Waals surface area contributed by atoms with E-state index in [0.717, 1.165) is 107 Å². The zero-order chi connectivity index (χ0) is 64.9. The van der Waals surface area contributed by atoms with Gasteiger partial charge in [-0.25, -0.2) is 29.9 Å². The largest absolute Gasteiger partial charge is 0.455 e. The smallest absolute Gasteiger partial charge is 0.144 e. The number of para-hydroxylation sites is 2. The Morgan fingerprint density at radius 1 is 0.247 bits per heavy atom. The zero-order valence-electron chi connectivity index (χ0n) is 53.0. The minimum absolute atomic E-state index is 0.744. The predicted molar refractivity (Wildman–Crippen MR) is 408 cm³/mol. The summed E-state index contributed by atoms with van der Waals surface area (Å²) in [5.41, 5.74) is 18.6. The van der Waals surface area contributed by atoms with Crippen LogP contribution in [0.3, 0.4) is 0 Å². The third-order valence-electron chi connectivity index (χ3n) is 17.7. The monoisotopic (exact) mass is 1300 g/mol. The molecule has 0 unspecified atom stereocenters. The van der Waals surface area contributed by atoms with E-state index in [2.05, 4.69) is 259 Å². The van der Waals surface area contributed by atoms with E-state index < -0.39 is 0 Å². The lowest BCUT2D eigenvalue weighted by Crippen LogP contribution is -1.95. The quantitative estimate of drug-likeness (QED) is 0.148. The average Bonchev–Trinajstić information content (AvgIpc) is 1.69. The predicted octanol–water partition coefficient (Wildman–Crippen LogP) is 24.1. The van der Waals surface area contributed by atoms with Crippen LogP contribution in [0.25, 0.3) is 172 Å². The number of hydrogen-bond acceptors (Lipinski definition) is 11. The van der Waals surface area contributed by atoms with Gasteiger partial charge in [0.25, 0.3) is 0 Å². The van der Waals surface area contributed by atoms with Crippen LogP contribution >= 0.6 is 34.0 Å². The normalized spacial score (nSPS) is 11.5. The minimum atomic E-state index is 0.744. The highest BCUT2D eigenvalue weighted by molar-refractivity contribution is 7.27. The number of thiophene rings is 3. The fraction of sp³-hybridized carbons (Fsp3) is 0.0349. The number of pyridine rings is 1. The van der Waals surface area contributed by atoms with Crippen LogP contribution in [0.2, 0.25) is 0 Å².